The van der Waals surface area contributed by atoms with Crippen LogP contribution in [0.5, 0.6) is 0 Å². The second kappa shape index (κ2) is 5.05. The monoisotopic (exact) mass is 284 g/mol. The highest BCUT2D eigenvalue weighted by Crippen LogP contribution is 2.25. The Morgan fingerprint density at radius 1 is 1.43 bits per heavy atom. The molecule has 0 aliphatic rings. The lowest BCUT2D eigenvalue weighted by atomic mass is 10.2. The zero-order valence-corrected chi connectivity index (χ0v) is 11.9. The molecule has 0 aliphatic heterocycles. The van der Waals surface area contributed by atoms with Gasteiger partial charge in [-0.25, -0.2) is 14.3 Å². The van der Waals surface area contributed by atoms with Crippen molar-refractivity contribution in [2.45, 2.75) is 26.3 Å². The Bertz CT molecular complexity index is 825. The molecule has 0 fully saturated rings. The number of nitrogens with zero attached hydrogens (tertiary/aromatic N) is 3. The Labute approximate surface area is 121 Å². The predicted molar refractivity (Wildman–Crippen MR) is 80.8 cm³/mol. The summed E-state index contributed by atoms with van der Waals surface area (Å²) in [6, 6.07) is 7.74. The summed E-state index contributed by atoms with van der Waals surface area (Å²) in [4.78, 5) is 16.0. The van der Waals surface area contributed by atoms with Crippen molar-refractivity contribution in [3.05, 3.63) is 36.0 Å². The van der Waals surface area contributed by atoms with Crippen molar-refractivity contribution in [1.29, 1.82) is 0 Å². The first-order chi connectivity index (χ1) is 10.1. The number of carboxylic acids is 1. The number of carboxylic acid groups (broad SMARTS) is 1. The van der Waals surface area contributed by atoms with Gasteiger partial charge in [-0.3, -0.25) is 0 Å². The number of hydrogen-bond donors (Lipinski definition) is 2. The van der Waals surface area contributed by atoms with E-state index in [1.807, 2.05) is 31.2 Å². The average molecular weight is 284 g/mol. The molecule has 1 unspecified atom stereocenters. The van der Waals surface area contributed by atoms with Gasteiger partial charge in [-0.05, 0) is 25.5 Å². The van der Waals surface area contributed by atoms with E-state index in [0.717, 1.165) is 17.5 Å². The van der Waals surface area contributed by atoms with E-state index >= 15 is 0 Å². The minimum absolute atomic E-state index is 0.152. The highest BCUT2D eigenvalue weighted by atomic mass is 16.4. The Morgan fingerprint density at radius 2 is 2.19 bits per heavy atom. The molecule has 3 aromatic rings. The maximum Gasteiger partial charge on any atom is 0.339 e. The molecule has 1 aromatic carbocycles. The van der Waals surface area contributed by atoms with Crippen molar-refractivity contribution in [2.75, 3.05) is 5.32 Å². The first kappa shape index (κ1) is 13.4. The van der Waals surface area contributed by atoms with Crippen LogP contribution >= 0.6 is 0 Å². The topological polar surface area (TPSA) is 79.5 Å². The Kier molecular flexibility index (Phi) is 3.21. The third-order valence-electron chi connectivity index (χ3n) is 3.56. The van der Waals surface area contributed by atoms with Gasteiger partial charge in [0.1, 0.15) is 11.1 Å². The van der Waals surface area contributed by atoms with Gasteiger partial charge in [-0.2, -0.15) is 5.10 Å². The van der Waals surface area contributed by atoms with E-state index in [9.17, 15) is 9.90 Å². The third kappa shape index (κ3) is 2.18. The second-order valence-electron chi connectivity index (χ2n) is 5.03. The number of benzene rings is 1. The molecule has 21 heavy (non-hydrogen) atoms. The standard InChI is InChI=1S/C15H16N4O2/c1-3-9(2)17-14-13-10(15(20)21)8-16-19(13)12-7-5-4-6-11(12)18-14/h4-9H,3H2,1-2H3,(H,17,18)(H,20,21). The van der Waals surface area contributed by atoms with Crippen LogP contribution in [0.15, 0.2) is 30.5 Å². The van der Waals surface area contributed by atoms with Gasteiger partial charge in [0.05, 0.1) is 17.2 Å². The number of aromatic nitrogens is 3. The van der Waals surface area contributed by atoms with Crippen LogP contribution in [0.25, 0.3) is 16.6 Å². The summed E-state index contributed by atoms with van der Waals surface area (Å²) in [5, 5.41) is 16.8. The van der Waals surface area contributed by atoms with Gasteiger partial charge in [0.25, 0.3) is 0 Å². The molecule has 2 N–H and O–H groups in total. The molecular formula is C15H16N4O2. The lowest BCUT2D eigenvalue weighted by Gasteiger charge is -2.14. The molecule has 0 spiro atoms. The maximum atomic E-state index is 11.4. The molecule has 3 rings (SSSR count). The molecule has 0 radical (unpaired) electrons. The summed E-state index contributed by atoms with van der Waals surface area (Å²) in [6.45, 7) is 4.09. The van der Waals surface area contributed by atoms with E-state index < -0.39 is 5.97 Å². The van der Waals surface area contributed by atoms with Gasteiger partial charge in [0.2, 0.25) is 0 Å². The van der Waals surface area contributed by atoms with E-state index in [4.69, 9.17) is 0 Å². The molecule has 1 atom stereocenters. The van der Waals surface area contributed by atoms with Crippen LogP contribution in [-0.4, -0.2) is 31.7 Å². The van der Waals surface area contributed by atoms with Gasteiger partial charge < -0.3 is 10.4 Å². The fourth-order valence-electron chi connectivity index (χ4n) is 2.26. The molecule has 0 saturated heterocycles. The summed E-state index contributed by atoms with van der Waals surface area (Å²) in [6.07, 6.45) is 2.28. The largest absolute Gasteiger partial charge is 0.478 e. The smallest absolute Gasteiger partial charge is 0.339 e. The lowest BCUT2D eigenvalue weighted by molar-refractivity contribution is 0.0699. The van der Waals surface area contributed by atoms with Gasteiger partial charge in [0, 0.05) is 6.04 Å². The van der Waals surface area contributed by atoms with Crippen molar-refractivity contribution in [2.24, 2.45) is 0 Å². The molecular weight excluding hydrogens is 268 g/mol. The zero-order valence-electron chi connectivity index (χ0n) is 11.9. The van der Waals surface area contributed by atoms with Gasteiger partial charge in [-0.15, -0.1) is 0 Å². The van der Waals surface area contributed by atoms with Crippen molar-refractivity contribution >= 4 is 28.3 Å². The van der Waals surface area contributed by atoms with Crippen molar-refractivity contribution in [3.8, 4) is 0 Å². The van der Waals surface area contributed by atoms with Gasteiger partial charge >= 0.3 is 5.97 Å². The molecule has 0 amide bonds. The number of rotatable bonds is 4. The molecule has 108 valence electrons. The number of aromatic carboxylic acids is 1. The van der Waals surface area contributed by atoms with E-state index in [0.29, 0.717) is 11.3 Å². The van der Waals surface area contributed by atoms with E-state index in [1.54, 1.807) is 4.52 Å². The maximum absolute atomic E-state index is 11.4. The fourth-order valence-corrected chi connectivity index (χ4v) is 2.26. The van der Waals surface area contributed by atoms with E-state index in [1.165, 1.54) is 6.20 Å². The molecule has 0 bridgehead atoms. The highest BCUT2D eigenvalue weighted by molar-refractivity contribution is 6.00. The first-order valence-corrected chi connectivity index (χ1v) is 6.88. The van der Waals surface area contributed by atoms with E-state index in [-0.39, 0.29) is 11.6 Å². The van der Waals surface area contributed by atoms with Crippen LogP contribution in [-0.2, 0) is 0 Å². The van der Waals surface area contributed by atoms with Crippen LogP contribution in [0.2, 0.25) is 0 Å². The predicted octanol–water partition coefficient (Wildman–Crippen LogP) is 2.79. The summed E-state index contributed by atoms with van der Waals surface area (Å²) in [5.74, 6) is -0.452. The molecule has 6 heteroatoms. The zero-order chi connectivity index (χ0) is 15.0. The highest BCUT2D eigenvalue weighted by Gasteiger charge is 2.19. The Morgan fingerprint density at radius 3 is 2.90 bits per heavy atom. The number of nitrogens with one attached hydrogen (secondary N) is 1. The molecule has 0 saturated carbocycles. The number of fused-ring (bicyclic) bond motifs is 3. The first-order valence-electron chi connectivity index (χ1n) is 6.88. The number of anilines is 1. The van der Waals surface area contributed by atoms with Crippen LogP contribution < -0.4 is 5.32 Å². The van der Waals surface area contributed by atoms with Crippen molar-refractivity contribution in [3.63, 3.8) is 0 Å². The fraction of sp³-hybridized carbons (Fsp3) is 0.267. The van der Waals surface area contributed by atoms with Crippen LogP contribution in [0.1, 0.15) is 30.6 Å². The SMILES string of the molecule is CCC(C)Nc1nc2ccccc2n2ncc(C(=O)O)c12. The molecule has 0 aliphatic carbocycles. The summed E-state index contributed by atoms with van der Waals surface area (Å²) in [7, 11) is 0. The molecule has 6 nitrogen and oxygen atoms in total. The van der Waals surface area contributed by atoms with Crippen LogP contribution in [0.3, 0.4) is 0 Å². The average Bonchev–Trinajstić information content (AvgIpc) is 2.93. The normalized spacial score (nSPS) is 12.7. The number of hydrogen-bond acceptors (Lipinski definition) is 4. The Hall–Kier alpha value is -2.63. The number of para-hydroxylation sites is 2. The quantitative estimate of drug-likeness (QED) is 0.770. The van der Waals surface area contributed by atoms with Crippen molar-refractivity contribution < 1.29 is 9.90 Å². The molecule has 2 aromatic heterocycles. The van der Waals surface area contributed by atoms with Crippen LogP contribution in [0.4, 0.5) is 5.82 Å². The minimum Gasteiger partial charge on any atom is -0.478 e. The van der Waals surface area contributed by atoms with Gasteiger partial charge in [0.15, 0.2) is 5.82 Å². The minimum atomic E-state index is -1.01. The Balaban J connectivity index is 2.35. The summed E-state index contributed by atoms with van der Waals surface area (Å²) >= 11 is 0. The summed E-state index contributed by atoms with van der Waals surface area (Å²) < 4.78 is 1.64. The third-order valence-corrected chi connectivity index (χ3v) is 3.56. The summed E-state index contributed by atoms with van der Waals surface area (Å²) in [5.41, 5.74) is 2.21. The number of carbonyl (C=O) groups is 1. The van der Waals surface area contributed by atoms with Gasteiger partial charge in [-0.1, -0.05) is 19.1 Å². The van der Waals surface area contributed by atoms with Crippen molar-refractivity contribution in [1.82, 2.24) is 14.6 Å². The molecule has 2 heterocycles. The van der Waals surface area contributed by atoms with E-state index in [2.05, 4.69) is 22.3 Å². The van der Waals surface area contributed by atoms with Crippen LogP contribution in [0, 0.1) is 0 Å². The second-order valence-corrected chi connectivity index (χ2v) is 5.03. The lowest BCUT2D eigenvalue weighted by Crippen LogP contribution is -2.16.